The van der Waals surface area contributed by atoms with Gasteiger partial charge in [0, 0.05) is 5.39 Å². The molecule has 0 bridgehead atoms. The van der Waals surface area contributed by atoms with Crippen LogP contribution in [0.4, 0.5) is 0 Å². The minimum absolute atomic E-state index is 0.00338. The molecule has 0 aliphatic heterocycles. The van der Waals surface area contributed by atoms with Gasteiger partial charge in [-0.1, -0.05) is 36.4 Å². The van der Waals surface area contributed by atoms with Crippen LogP contribution in [-0.2, 0) is 11.2 Å². The highest BCUT2D eigenvalue weighted by molar-refractivity contribution is 6.03. The summed E-state index contributed by atoms with van der Waals surface area (Å²) in [7, 11) is 0. The van der Waals surface area contributed by atoms with Crippen LogP contribution in [0.3, 0.4) is 0 Å². The normalized spacial score (nSPS) is 10.5. The summed E-state index contributed by atoms with van der Waals surface area (Å²) in [6, 6.07) is 15.7. The summed E-state index contributed by atoms with van der Waals surface area (Å²) in [5, 5.41) is 9.76. The molecule has 2 aromatic carbocycles. The standard InChI is InChI=1S/C18H14N2O4/c19-17(23)16-13(10-15(21)22)12-8-4-5-9-14(12)20-18(16)24-11-6-2-1-3-7-11/h1-9H,10H2,(H2,19,23)(H,21,22). The number of rotatable bonds is 5. The first-order valence-corrected chi connectivity index (χ1v) is 7.22. The first-order chi connectivity index (χ1) is 11.6. The van der Waals surface area contributed by atoms with E-state index in [4.69, 9.17) is 10.5 Å². The second-order valence-electron chi connectivity index (χ2n) is 5.14. The van der Waals surface area contributed by atoms with Crippen molar-refractivity contribution >= 4 is 22.8 Å². The van der Waals surface area contributed by atoms with E-state index in [0.29, 0.717) is 22.2 Å². The molecule has 24 heavy (non-hydrogen) atoms. The molecular formula is C18H14N2O4. The Hall–Kier alpha value is -3.41. The molecule has 0 spiro atoms. The van der Waals surface area contributed by atoms with Gasteiger partial charge in [0.25, 0.3) is 5.91 Å². The zero-order valence-electron chi connectivity index (χ0n) is 12.6. The number of hydrogen-bond donors (Lipinski definition) is 2. The van der Waals surface area contributed by atoms with Gasteiger partial charge in [-0.3, -0.25) is 9.59 Å². The van der Waals surface area contributed by atoms with Crippen LogP contribution in [0.25, 0.3) is 10.9 Å². The van der Waals surface area contributed by atoms with E-state index in [0.717, 1.165) is 0 Å². The summed E-state index contributed by atoms with van der Waals surface area (Å²) in [4.78, 5) is 27.6. The van der Waals surface area contributed by atoms with Crippen molar-refractivity contribution in [2.75, 3.05) is 0 Å². The number of pyridine rings is 1. The molecule has 1 heterocycles. The topological polar surface area (TPSA) is 103 Å². The van der Waals surface area contributed by atoms with E-state index in [1.165, 1.54) is 0 Å². The third-order valence-corrected chi connectivity index (χ3v) is 3.50. The lowest BCUT2D eigenvalue weighted by Gasteiger charge is -2.14. The Bertz CT molecular complexity index is 923. The van der Waals surface area contributed by atoms with Crippen molar-refractivity contribution in [1.82, 2.24) is 4.98 Å². The van der Waals surface area contributed by atoms with E-state index in [1.54, 1.807) is 48.5 Å². The van der Waals surface area contributed by atoms with Crippen molar-refractivity contribution in [3.63, 3.8) is 0 Å². The van der Waals surface area contributed by atoms with Crippen LogP contribution in [0, 0.1) is 0 Å². The third kappa shape index (κ3) is 3.03. The Morgan fingerprint density at radius 1 is 1.04 bits per heavy atom. The number of ether oxygens (including phenoxy) is 1. The van der Waals surface area contributed by atoms with Crippen LogP contribution in [-0.4, -0.2) is 22.0 Å². The molecule has 1 amide bonds. The average molecular weight is 322 g/mol. The number of para-hydroxylation sites is 2. The van der Waals surface area contributed by atoms with Gasteiger partial charge in [0.05, 0.1) is 11.9 Å². The van der Waals surface area contributed by atoms with E-state index in [2.05, 4.69) is 4.98 Å². The molecule has 3 aromatic rings. The Balaban J connectivity index is 2.25. The summed E-state index contributed by atoms with van der Waals surface area (Å²) in [5.41, 5.74) is 6.30. The molecule has 6 heteroatoms. The maximum Gasteiger partial charge on any atom is 0.307 e. The van der Waals surface area contributed by atoms with Crippen LogP contribution in [0.5, 0.6) is 11.6 Å². The van der Waals surface area contributed by atoms with Crippen molar-refractivity contribution in [2.24, 2.45) is 5.73 Å². The number of aromatic nitrogens is 1. The molecule has 3 N–H and O–H groups in total. The van der Waals surface area contributed by atoms with E-state index in [9.17, 15) is 14.7 Å². The van der Waals surface area contributed by atoms with Crippen LogP contribution >= 0.6 is 0 Å². The van der Waals surface area contributed by atoms with Gasteiger partial charge in [-0.15, -0.1) is 0 Å². The molecule has 0 radical (unpaired) electrons. The van der Waals surface area contributed by atoms with Crippen LogP contribution in [0.1, 0.15) is 15.9 Å². The van der Waals surface area contributed by atoms with Gasteiger partial charge in [0.2, 0.25) is 5.88 Å². The van der Waals surface area contributed by atoms with Gasteiger partial charge in [-0.25, -0.2) is 4.98 Å². The number of primary amides is 1. The molecule has 3 rings (SSSR count). The minimum atomic E-state index is -1.07. The Morgan fingerprint density at radius 2 is 1.71 bits per heavy atom. The number of benzene rings is 2. The van der Waals surface area contributed by atoms with Crippen molar-refractivity contribution in [3.05, 3.63) is 65.7 Å². The zero-order chi connectivity index (χ0) is 17.1. The predicted octanol–water partition coefficient (Wildman–Crippen LogP) is 2.75. The number of hydrogen-bond acceptors (Lipinski definition) is 4. The lowest BCUT2D eigenvalue weighted by Crippen LogP contribution is -2.18. The van der Waals surface area contributed by atoms with Crippen molar-refractivity contribution in [2.45, 2.75) is 6.42 Å². The quantitative estimate of drug-likeness (QED) is 0.752. The SMILES string of the molecule is NC(=O)c1c(Oc2ccccc2)nc2ccccc2c1CC(=O)O. The third-order valence-electron chi connectivity index (χ3n) is 3.50. The Morgan fingerprint density at radius 3 is 2.38 bits per heavy atom. The fourth-order valence-corrected chi connectivity index (χ4v) is 2.52. The highest BCUT2D eigenvalue weighted by atomic mass is 16.5. The maximum absolute atomic E-state index is 12.0. The number of carbonyl (C=O) groups excluding carboxylic acids is 1. The maximum atomic E-state index is 12.0. The Kier molecular flexibility index (Phi) is 4.11. The van der Waals surface area contributed by atoms with E-state index in [-0.39, 0.29) is 17.9 Å². The molecule has 1 aromatic heterocycles. The molecule has 0 saturated carbocycles. The summed E-state index contributed by atoms with van der Waals surface area (Å²) in [6.07, 6.45) is -0.355. The van der Waals surface area contributed by atoms with Gasteiger partial charge in [-0.2, -0.15) is 0 Å². The summed E-state index contributed by atoms with van der Waals surface area (Å²) < 4.78 is 5.70. The number of carbonyl (C=O) groups is 2. The number of nitrogens with two attached hydrogens (primary N) is 1. The lowest BCUT2D eigenvalue weighted by atomic mass is 9.99. The summed E-state index contributed by atoms with van der Waals surface area (Å²) in [5.74, 6) is -1.37. The fourth-order valence-electron chi connectivity index (χ4n) is 2.52. The van der Waals surface area contributed by atoms with Crippen LogP contribution in [0.2, 0.25) is 0 Å². The molecule has 0 fully saturated rings. The number of nitrogens with zero attached hydrogens (tertiary/aromatic N) is 1. The minimum Gasteiger partial charge on any atom is -0.481 e. The highest BCUT2D eigenvalue weighted by Gasteiger charge is 2.22. The highest BCUT2D eigenvalue weighted by Crippen LogP contribution is 2.31. The zero-order valence-corrected chi connectivity index (χ0v) is 12.6. The van der Waals surface area contributed by atoms with E-state index >= 15 is 0 Å². The Labute approximate surface area is 137 Å². The largest absolute Gasteiger partial charge is 0.481 e. The van der Waals surface area contributed by atoms with Gasteiger partial charge in [-0.05, 0) is 23.8 Å². The summed E-state index contributed by atoms with van der Waals surface area (Å²) in [6.45, 7) is 0. The monoisotopic (exact) mass is 322 g/mol. The summed E-state index contributed by atoms with van der Waals surface area (Å²) >= 11 is 0. The number of carboxylic acid groups (broad SMARTS) is 1. The number of carboxylic acids is 1. The molecular weight excluding hydrogens is 308 g/mol. The molecule has 0 unspecified atom stereocenters. The smallest absolute Gasteiger partial charge is 0.307 e. The van der Waals surface area contributed by atoms with Gasteiger partial charge in [0.1, 0.15) is 11.3 Å². The molecule has 0 aliphatic rings. The lowest BCUT2D eigenvalue weighted by molar-refractivity contribution is -0.136. The number of amides is 1. The van der Waals surface area contributed by atoms with Crippen LogP contribution < -0.4 is 10.5 Å². The molecule has 6 nitrogen and oxygen atoms in total. The van der Waals surface area contributed by atoms with Crippen molar-refractivity contribution < 1.29 is 19.4 Å². The number of aliphatic carboxylic acids is 1. The first kappa shape index (κ1) is 15.5. The van der Waals surface area contributed by atoms with Gasteiger partial charge < -0.3 is 15.6 Å². The second kappa shape index (κ2) is 6.37. The molecule has 0 saturated heterocycles. The average Bonchev–Trinajstić information content (AvgIpc) is 2.55. The van der Waals surface area contributed by atoms with Crippen molar-refractivity contribution in [1.29, 1.82) is 0 Å². The van der Waals surface area contributed by atoms with E-state index < -0.39 is 11.9 Å². The molecule has 120 valence electrons. The second-order valence-corrected chi connectivity index (χ2v) is 5.14. The van der Waals surface area contributed by atoms with Gasteiger partial charge in [0.15, 0.2) is 0 Å². The molecule has 0 aliphatic carbocycles. The first-order valence-electron chi connectivity index (χ1n) is 7.22. The van der Waals surface area contributed by atoms with Crippen LogP contribution in [0.15, 0.2) is 54.6 Å². The fraction of sp³-hybridized carbons (Fsp3) is 0.0556. The van der Waals surface area contributed by atoms with Gasteiger partial charge >= 0.3 is 5.97 Å². The van der Waals surface area contributed by atoms with E-state index in [1.807, 2.05) is 6.07 Å². The predicted molar refractivity (Wildman–Crippen MR) is 88.1 cm³/mol. The molecule has 0 atom stereocenters. The number of fused-ring (bicyclic) bond motifs is 1. The van der Waals surface area contributed by atoms with Crippen molar-refractivity contribution in [3.8, 4) is 11.6 Å².